The fraction of sp³-hybridized carbons (Fsp3) is 0.613. The molecule has 0 radical (unpaired) electrons. The normalized spacial score (nSPS) is 26.0. The van der Waals surface area contributed by atoms with Gasteiger partial charge in [-0.2, -0.15) is 0 Å². The third-order valence-electron chi connectivity index (χ3n) is 9.87. The minimum Gasteiger partial charge on any atom is -0.340 e. The van der Waals surface area contributed by atoms with Crippen LogP contribution in [0.5, 0.6) is 0 Å². The van der Waals surface area contributed by atoms with Crippen molar-refractivity contribution in [1.82, 2.24) is 20.0 Å². The van der Waals surface area contributed by atoms with E-state index in [0.29, 0.717) is 35.9 Å². The van der Waals surface area contributed by atoms with E-state index >= 15 is 0 Å². The molecule has 1 aromatic heterocycles. The van der Waals surface area contributed by atoms with Crippen LogP contribution < -0.4 is 5.32 Å². The predicted molar refractivity (Wildman–Crippen MR) is 155 cm³/mol. The number of amides is 4. The average Bonchev–Trinajstić information content (AvgIpc) is 3.74. The molecule has 0 bridgehead atoms. The quantitative estimate of drug-likeness (QED) is 0.553. The van der Waals surface area contributed by atoms with Gasteiger partial charge in [0.15, 0.2) is 0 Å². The lowest BCUT2D eigenvalue weighted by molar-refractivity contribution is -0.150. The number of thiophene rings is 1. The van der Waals surface area contributed by atoms with Gasteiger partial charge in [0, 0.05) is 55.3 Å². The molecule has 4 amide bonds. The predicted octanol–water partition coefficient (Wildman–Crippen LogP) is 4.66. The van der Waals surface area contributed by atoms with Crippen molar-refractivity contribution in [3.05, 3.63) is 34.7 Å². The molecule has 226 valence electrons. The lowest BCUT2D eigenvalue weighted by Crippen LogP contribution is -2.62. The van der Waals surface area contributed by atoms with Gasteiger partial charge in [0.2, 0.25) is 17.7 Å². The van der Waals surface area contributed by atoms with Gasteiger partial charge in [0.05, 0.1) is 4.88 Å². The number of fused-ring (bicyclic) bond motifs is 2. The molecule has 2 aromatic rings. The molecule has 3 saturated heterocycles. The molecule has 8 nitrogen and oxygen atoms in total. The molecule has 1 saturated carbocycles. The average molecular weight is 601 g/mol. The van der Waals surface area contributed by atoms with Gasteiger partial charge in [0.1, 0.15) is 12.1 Å². The Labute approximate surface area is 248 Å². The van der Waals surface area contributed by atoms with Crippen LogP contribution >= 0.6 is 11.3 Å². The van der Waals surface area contributed by atoms with Gasteiger partial charge in [0.25, 0.3) is 11.8 Å². The van der Waals surface area contributed by atoms with E-state index < -0.39 is 23.9 Å². The molecule has 1 aliphatic carbocycles. The second kappa shape index (κ2) is 10.9. The minimum absolute atomic E-state index is 0.00872. The Hall–Kier alpha value is -3.08. The number of likely N-dealkylation sites (tertiary alicyclic amines) is 1. The fourth-order valence-corrected chi connectivity index (χ4v) is 8.63. The van der Waals surface area contributed by atoms with Crippen LogP contribution in [0.1, 0.15) is 86.9 Å². The number of nitrogens with one attached hydrogen (secondary N) is 1. The molecule has 3 atom stereocenters. The van der Waals surface area contributed by atoms with Gasteiger partial charge in [-0.05, 0) is 68.5 Å². The Balaban J connectivity index is 1.26. The Morgan fingerprint density at radius 3 is 2.48 bits per heavy atom. The summed E-state index contributed by atoms with van der Waals surface area (Å²) < 4.78 is 28.4. The number of carbonyl (C=O) groups excluding carboxylic acids is 4. The van der Waals surface area contributed by atoms with Crippen molar-refractivity contribution in [3.63, 3.8) is 0 Å². The summed E-state index contributed by atoms with van der Waals surface area (Å²) in [4.78, 5) is 59.8. The number of halogens is 2. The second-order valence-electron chi connectivity index (χ2n) is 12.5. The summed E-state index contributed by atoms with van der Waals surface area (Å²) in [6, 6.07) is 4.07. The first-order valence-corrected chi connectivity index (χ1v) is 15.9. The van der Waals surface area contributed by atoms with E-state index in [-0.39, 0.29) is 46.3 Å². The number of carbonyl (C=O) groups is 4. The highest BCUT2D eigenvalue weighted by molar-refractivity contribution is 7.20. The first-order valence-electron chi connectivity index (χ1n) is 15.1. The summed E-state index contributed by atoms with van der Waals surface area (Å²) in [7, 11) is 0. The summed E-state index contributed by atoms with van der Waals surface area (Å²) in [5.41, 5.74) is -0.219. The number of rotatable bonds is 4. The van der Waals surface area contributed by atoms with E-state index in [1.165, 1.54) is 19.1 Å². The molecule has 6 rings (SSSR count). The van der Waals surface area contributed by atoms with Crippen LogP contribution in [0.15, 0.2) is 24.3 Å². The van der Waals surface area contributed by atoms with Gasteiger partial charge in [-0.25, -0.2) is 8.78 Å². The molecule has 1 N–H and O–H groups in total. The zero-order valence-electron chi connectivity index (χ0n) is 24.2. The van der Waals surface area contributed by atoms with Crippen molar-refractivity contribution in [2.75, 3.05) is 19.6 Å². The molecule has 1 spiro atoms. The monoisotopic (exact) mass is 600 g/mol. The number of alkyl halides is 2. The van der Waals surface area contributed by atoms with Crippen molar-refractivity contribution in [1.29, 1.82) is 0 Å². The summed E-state index contributed by atoms with van der Waals surface area (Å²) in [5, 5.41) is 3.37. The SMILES string of the molecule is CC(=O)N1CC[C@H]2CC[C@@H](C(=O)N3CCCC34CCCC4)N2C(=O)[C@@H](NC(=O)c2cc3cc(C(C)(F)F)ccc3s2)C1. The zero-order chi connectivity index (χ0) is 29.8. The van der Waals surface area contributed by atoms with E-state index in [1.807, 2.05) is 0 Å². The maximum Gasteiger partial charge on any atom is 0.270 e. The molecule has 1 aromatic carbocycles. The first-order chi connectivity index (χ1) is 20.0. The molecule has 42 heavy (non-hydrogen) atoms. The van der Waals surface area contributed by atoms with Crippen LogP contribution in [0.25, 0.3) is 10.1 Å². The molecular formula is C31H38F2N4O4S. The molecule has 11 heteroatoms. The molecule has 4 aliphatic rings. The van der Waals surface area contributed by atoms with Crippen LogP contribution in [0.3, 0.4) is 0 Å². The van der Waals surface area contributed by atoms with Crippen molar-refractivity contribution < 1.29 is 28.0 Å². The van der Waals surface area contributed by atoms with E-state index in [9.17, 15) is 28.0 Å². The van der Waals surface area contributed by atoms with Gasteiger partial charge in [-0.15, -0.1) is 11.3 Å². The maximum atomic E-state index is 14.2. The largest absolute Gasteiger partial charge is 0.340 e. The molecular weight excluding hydrogens is 562 g/mol. The van der Waals surface area contributed by atoms with Gasteiger partial charge < -0.3 is 20.0 Å². The number of nitrogens with zero attached hydrogens (tertiary/aromatic N) is 3. The molecule has 3 aliphatic heterocycles. The smallest absolute Gasteiger partial charge is 0.270 e. The second-order valence-corrected chi connectivity index (χ2v) is 13.6. The third kappa shape index (κ3) is 5.18. The summed E-state index contributed by atoms with van der Waals surface area (Å²) in [6.45, 7) is 3.44. The summed E-state index contributed by atoms with van der Waals surface area (Å²) in [6.07, 6.45) is 8.10. The van der Waals surface area contributed by atoms with E-state index in [2.05, 4.69) is 10.2 Å². The number of benzene rings is 1. The van der Waals surface area contributed by atoms with Gasteiger partial charge >= 0.3 is 0 Å². The molecule has 0 unspecified atom stereocenters. The lowest BCUT2D eigenvalue weighted by atomic mass is 9.93. The van der Waals surface area contributed by atoms with E-state index in [4.69, 9.17) is 0 Å². The van der Waals surface area contributed by atoms with Gasteiger partial charge in [-0.3, -0.25) is 19.2 Å². The highest BCUT2D eigenvalue weighted by Gasteiger charge is 2.51. The Morgan fingerprint density at radius 1 is 1.02 bits per heavy atom. The van der Waals surface area contributed by atoms with Gasteiger partial charge in [-0.1, -0.05) is 18.9 Å². The first kappa shape index (κ1) is 29.0. The summed E-state index contributed by atoms with van der Waals surface area (Å²) in [5.74, 6) is -4.02. The highest BCUT2D eigenvalue weighted by Crippen LogP contribution is 2.44. The Morgan fingerprint density at radius 2 is 1.76 bits per heavy atom. The highest BCUT2D eigenvalue weighted by atomic mass is 32.1. The zero-order valence-corrected chi connectivity index (χ0v) is 25.0. The van der Waals surface area contributed by atoms with E-state index in [1.54, 1.807) is 21.9 Å². The fourth-order valence-electron chi connectivity index (χ4n) is 7.68. The van der Waals surface area contributed by atoms with Crippen LogP contribution in [0.2, 0.25) is 0 Å². The number of hydrogen-bond donors (Lipinski definition) is 1. The number of hydrogen-bond acceptors (Lipinski definition) is 5. The molecule has 4 heterocycles. The Kier molecular flexibility index (Phi) is 7.52. The van der Waals surface area contributed by atoms with Crippen LogP contribution in [0, 0.1) is 0 Å². The van der Waals surface area contributed by atoms with Crippen molar-refractivity contribution in [3.8, 4) is 0 Å². The van der Waals surface area contributed by atoms with E-state index in [0.717, 1.165) is 63.3 Å². The van der Waals surface area contributed by atoms with Crippen LogP contribution in [0.4, 0.5) is 8.78 Å². The van der Waals surface area contributed by atoms with Crippen molar-refractivity contribution in [2.24, 2.45) is 0 Å². The lowest BCUT2D eigenvalue weighted by Gasteiger charge is -2.42. The maximum absolute atomic E-state index is 14.2. The van der Waals surface area contributed by atoms with Crippen molar-refractivity contribution in [2.45, 2.75) is 101 Å². The topological polar surface area (TPSA) is 90.0 Å². The standard InChI is InChI=1S/C31H38F2N4O4S/c1-19(38)35-15-10-22-7-8-24(29(41)36-14-5-13-31(36)11-3-4-12-31)37(22)28(40)23(18-35)34-27(39)26-17-20-16-21(30(2,32)33)6-9-25(20)42-26/h6,9,16-17,22-24H,3-5,7-8,10-15,18H2,1-2H3,(H,34,39)/t22-,23+,24+/m1/s1. The summed E-state index contributed by atoms with van der Waals surface area (Å²) >= 11 is 1.16. The molecule has 4 fully saturated rings. The van der Waals surface area contributed by atoms with Crippen molar-refractivity contribution >= 4 is 45.1 Å². The third-order valence-corrected chi connectivity index (χ3v) is 11.0. The van der Waals surface area contributed by atoms with Crippen LogP contribution in [-0.4, -0.2) is 81.6 Å². The van der Waals surface area contributed by atoms with Crippen LogP contribution in [-0.2, 0) is 20.3 Å². The minimum atomic E-state index is -3.01. The Bertz CT molecular complexity index is 1410.